The average molecular weight is 374 g/mol. The van der Waals surface area contributed by atoms with E-state index in [1.165, 1.54) is 25.2 Å². The molecule has 0 fully saturated rings. The zero-order valence-electron chi connectivity index (χ0n) is 15.4. The summed E-state index contributed by atoms with van der Waals surface area (Å²) >= 11 is 1.30. The van der Waals surface area contributed by atoms with Gasteiger partial charge in [-0.25, -0.2) is 4.79 Å². The summed E-state index contributed by atoms with van der Waals surface area (Å²) in [6, 6.07) is 7.35. The van der Waals surface area contributed by atoms with Gasteiger partial charge in [-0.1, -0.05) is 18.2 Å². The number of nitrogens with one attached hydrogen (secondary N) is 2. The normalized spacial score (nSPS) is 11.6. The number of amides is 2. The van der Waals surface area contributed by atoms with Crippen LogP contribution in [0.15, 0.2) is 24.3 Å². The Morgan fingerprint density at radius 1 is 1.08 bits per heavy atom. The highest BCUT2D eigenvalue weighted by molar-refractivity contribution is 7.16. The number of aryl methyl sites for hydroxylation is 2. The van der Waals surface area contributed by atoms with Gasteiger partial charge < -0.3 is 15.4 Å². The van der Waals surface area contributed by atoms with E-state index in [9.17, 15) is 14.4 Å². The Labute approximate surface area is 156 Å². The van der Waals surface area contributed by atoms with Crippen LogP contribution in [0.25, 0.3) is 0 Å². The number of anilines is 2. The molecule has 0 saturated heterocycles. The summed E-state index contributed by atoms with van der Waals surface area (Å²) in [5, 5.41) is 5.83. The van der Waals surface area contributed by atoms with Crippen LogP contribution in [-0.4, -0.2) is 23.9 Å². The van der Waals surface area contributed by atoms with E-state index >= 15 is 0 Å². The van der Waals surface area contributed by atoms with Gasteiger partial charge in [0.1, 0.15) is 5.00 Å². The third-order valence-electron chi connectivity index (χ3n) is 3.93. The second kappa shape index (κ2) is 8.14. The highest BCUT2D eigenvalue weighted by Crippen LogP contribution is 2.33. The Morgan fingerprint density at radius 3 is 2.35 bits per heavy atom. The van der Waals surface area contributed by atoms with Crippen LogP contribution in [-0.2, 0) is 14.3 Å². The van der Waals surface area contributed by atoms with E-state index in [1.54, 1.807) is 13.0 Å². The Bertz CT molecular complexity index is 857. The van der Waals surface area contributed by atoms with Gasteiger partial charge in [0, 0.05) is 17.5 Å². The lowest BCUT2D eigenvalue weighted by atomic mass is 10.1. The third kappa shape index (κ3) is 4.49. The number of hydrogen-bond acceptors (Lipinski definition) is 5. The largest absolute Gasteiger partial charge is 0.449 e. The van der Waals surface area contributed by atoms with Crippen LogP contribution < -0.4 is 10.6 Å². The molecular weight excluding hydrogens is 352 g/mol. The van der Waals surface area contributed by atoms with E-state index < -0.39 is 18.0 Å². The first kappa shape index (κ1) is 19.7. The van der Waals surface area contributed by atoms with Crippen LogP contribution >= 0.6 is 11.3 Å². The Kier molecular flexibility index (Phi) is 6.15. The van der Waals surface area contributed by atoms with E-state index in [0.717, 1.165) is 16.0 Å². The van der Waals surface area contributed by atoms with Crippen LogP contribution in [0, 0.1) is 20.8 Å². The van der Waals surface area contributed by atoms with Crippen molar-refractivity contribution in [1.82, 2.24) is 0 Å². The molecule has 0 aliphatic rings. The first-order valence-electron chi connectivity index (χ1n) is 8.15. The van der Waals surface area contributed by atoms with Gasteiger partial charge >= 0.3 is 5.97 Å². The van der Waals surface area contributed by atoms with Crippen molar-refractivity contribution in [3.63, 3.8) is 0 Å². The van der Waals surface area contributed by atoms with E-state index in [-0.39, 0.29) is 5.91 Å². The molecule has 0 saturated carbocycles. The van der Waals surface area contributed by atoms with Gasteiger partial charge in [0.25, 0.3) is 5.91 Å². The molecule has 0 radical (unpaired) electrons. The van der Waals surface area contributed by atoms with Gasteiger partial charge in [0.2, 0.25) is 5.91 Å². The van der Waals surface area contributed by atoms with E-state index in [4.69, 9.17) is 4.74 Å². The molecule has 0 aliphatic carbocycles. The molecule has 7 heteroatoms. The third-order valence-corrected chi connectivity index (χ3v) is 5.06. The fraction of sp³-hybridized carbons (Fsp3) is 0.316. The Morgan fingerprint density at radius 2 is 1.73 bits per heavy atom. The minimum Gasteiger partial charge on any atom is -0.449 e. The molecule has 0 bridgehead atoms. The highest BCUT2D eigenvalue weighted by Gasteiger charge is 2.25. The summed E-state index contributed by atoms with van der Waals surface area (Å²) < 4.78 is 5.33. The SMILES string of the molecule is CC(=O)Nc1sc(C)c(C)c1C(=O)O[C@@H](C)C(=O)Nc1ccccc1C. The summed E-state index contributed by atoms with van der Waals surface area (Å²) in [4.78, 5) is 37.2. The summed E-state index contributed by atoms with van der Waals surface area (Å²) in [5.41, 5.74) is 2.60. The van der Waals surface area contributed by atoms with Crippen LogP contribution in [0.3, 0.4) is 0 Å². The number of ether oxygens (including phenoxy) is 1. The number of hydrogen-bond donors (Lipinski definition) is 2. The zero-order valence-corrected chi connectivity index (χ0v) is 16.2. The van der Waals surface area contributed by atoms with Crippen LogP contribution in [0.1, 0.15) is 40.2 Å². The van der Waals surface area contributed by atoms with E-state index in [0.29, 0.717) is 16.3 Å². The lowest BCUT2D eigenvalue weighted by Crippen LogP contribution is -2.30. The van der Waals surface area contributed by atoms with Gasteiger partial charge in [-0.15, -0.1) is 11.3 Å². The van der Waals surface area contributed by atoms with E-state index in [2.05, 4.69) is 10.6 Å². The second-order valence-corrected chi connectivity index (χ2v) is 7.25. The standard InChI is InChI=1S/C19H22N2O4S/c1-10-8-6-7-9-15(10)21-17(23)12(3)25-19(24)16-11(2)13(4)26-18(16)20-14(5)22/h6-9,12H,1-5H3,(H,20,22)(H,21,23)/t12-/m0/s1. The average Bonchev–Trinajstić information content (AvgIpc) is 2.82. The van der Waals surface area contributed by atoms with Gasteiger partial charge in [-0.3, -0.25) is 9.59 Å². The maximum atomic E-state index is 12.6. The number of para-hydroxylation sites is 1. The van der Waals surface area contributed by atoms with Crippen LogP contribution in [0.4, 0.5) is 10.7 Å². The summed E-state index contributed by atoms with van der Waals surface area (Å²) in [6.45, 7) is 8.40. The number of benzene rings is 1. The maximum absolute atomic E-state index is 12.6. The van der Waals surface area contributed by atoms with Gasteiger partial charge in [0.15, 0.2) is 6.10 Å². The molecule has 2 N–H and O–H groups in total. The number of esters is 1. The molecular formula is C19H22N2O4S. The summed E-state index contributed by atoms with van der Waals surface area (Å²) in [5.74, 6) is -1.33. The van der Waals surface area contributed by atoms with E-state index in [1.807, 2.05) is 32.0 Å². The molecule has 1 heterocycles. The fourth-order valence-corrected chi connectivity index (χ4v) is 3.44. The minimum absolute atomic E-state index is 0.273. The lowest BCUT2D eigenvalue weighted by molar-refractivity contribution is -0.123. The Balaban J connectivity index is 2.13. The molecule has 2 rings (SSSR count). The zero-order chi connectivity index (χ0) is 19.4. The number of carbonyl (C=O) groups excluding carboxylic acids is 3. The summed E-state index contributed by atoms with van der Waals surface area (Å²) in [7, 11) is 0. The molecule has 6 nitrogen and oxygen atoms in total. The van der Waals surface area contributed by atoms with Crippen molar-refractivity contribution in [2.24, 2.45) is 0 Å². The molecule has 1 aromatic carbocycles. The number of rotatable bonds is 5. The van der Waals surface area contributed by atoms with Crippen molar-refractivity contribution in [1.29, 1.82) is 0 Å². The number of carbonyl (C=O) groups is 3. The summed E-state index contributed by atoms with van der Waals surface area (Å²) in [6.07, 6.45) is -0.980. The fourth-order valence-electron chi connectivity index (χ4n) is 2.34. The topological polar surface area (TPSA) is 84.5 Å². The van der Waals surface area contributed by atoms with Crippen molar-refractivity contribution in [2.75, 3.05) is 10.6 Å². The lowest BCUT2D eigenvalue weighted by Gasteiger charge is -2.15. The van der Waals surface area contributed by atoms with Crippen LogP contribution in [0.5, 0.6) is 0 Å². The minimum atomic E-state index is -0.980. The van der Waals surface area contributed by atoms with Crippen LogP contribution in [0.2, 0.25) is 0 Å². The molecule has 26 heavy (non-hydrogen) atoms. The van der Waals surface area contributed by atoms with Crippen molar-refractivity contribution in [3.05, 3.63) is 45.8 Å². The van der Waals surface area contributed by atoms with Crippen molar-refractivity contribution >= 4 is 39.8 Å². The molecule has 1 atom stereocenters. The van der Waals surface area contributed by atoms with Gasteiger partial charge in [-0.05, 0) is 44.9 Å². The molecule has 2 amide bonds. The first-order chi connectivity index (χ1) is 12.2. The predicted molar refractivity (Wildman–Crippen MR) is 103 cm³/mol. The monoisotopic (exact) mass is 374 g/mol. The van der Waals surface area contributed by atoms with Crippen molar-refractivity contribution in [2.45, 2.75) is 40.7 Å². The second-order valence-electron chi connectivity index (χ2n) is 6.02. The quantitative estimate of drug-likeness (QED) is 0.779. The molecule has 0 unspecified atom stereocenters. The predicted octanol–water partition coefficient (Wildman–Crippen LogP) is 3.82. The highest BCUT2D eigenvalue weighted by atomic mass is 32.1. The molecule has 0 spiro atoms. The smallest absolute Gasteiger partial charge is 0.342 e. The molecule has 138 valence electrons. The van der Waals surface area contributed by atoms with Crippen molar-refractivity contribution < 1.29 is 19.1 Å². The first-order valence-corrected chi connectivity index (χ1v) is 8.97. The molecule has 2 aromatic rings. The number of thiophene rings is 1. The molecule has 0 aliphatic heterocycles. The van der Waals surface area contributed by atoms with Gasteiger partial charge in [-0.2, -0.15) is 0 Å². The Hall–Kier alpha value is -2.67. The van der Waals surface area contributed by atoms with Crippen molar-refractivity contribution in [3.8, 4) is 0 Å². The molecule has 1 aromatic heterocycles. The van der Waals surface area contributed by atoms with Gasteiger partial charge in [0.05, 0.1) is 5.56 Å². The maximum Gasteiger partial charge on any atom is 0.342 e.